The highest BCUT2D eigenvalue weighted by molar-refractivity contribution is 7.90. The van der Waals surface area contributed by atoms with Crippen LogP contribution in [0.1, 0.15) is 25.9 Å². The van der Waals surface area contributed by atoms with E-state index < -0.39 is 61.3 Å². The van der Waals surface area contributed by atoms with Crippen molar-refractivity contribution < 1.29 is 35.2 Å². The minimum absolute atomic E-state index is 0.0678. The lowest BCUT2D eigenvalue weighted by Gasteiger charge is -2.08. The number of nitrogens with zero attached hydrogens (tertiary/aromatic N) is 1. The van der Waals surface area contributed by atoms with Gasteiger partial charge in [-0.2, -0.15) is 13.2 Å². The molecule has 2 aromatic rings. The molecular formula is C14H11F5N2O3S2. The molecule has 0 bridgehead atoms. The van der Waals surface area contributed by atoms with E-state index in [1.54, 1.807) is 4.72 Å². The third kappa shape index (κ3) is 4.55. The van der Waals surface area contributed by atoms with Crippen LogP contribution in [0.25, 0.3) is 0 Å². The molecule has 26 heavy (non-hydrogen) atoms. The predicted molar refractivity (Wildman–Crippen MR) is 82.4 cm³/mol. The maximum absolute atomic E-state index is 13.5. The number of sulfonamides is 1. The molecule has 0 atom stereocenters. The number of hydrogen-bond acceptors (Lipinski definition) is 5. The molecule has 142 valence electrons. The van der Waals surface area contributed by atoms with E-state index in [1.807, 2.05) is 0 Å². The minimum Gasteiger partial charge on any atom is -0.266 e. The molecule has 0 saturated carbocycles. The number of aromatic nitrogens is 1. The number of aryl methyl sites for hydroxylation is 1. The summed E-state index contributed by atoms with van der Waals surface area (Å²) >= 11 is 0.591. The van der Waals surface area contributed by atoms with Gasteiger partial charge in [0.25, 0.3) is 15.9 Å². The zero-order chi connectivity index (χ0) is 19.9. The van der Waals surface area contributed by atoms with Gasteiger partial charge in [0, 0.05) is 10.4 Å². The lowest BCUT2D eigenvalue weighted by Crippen LogP contribution is -2.31. The summed E-state index contributed by atoms with van der Waals surface area (Å²) in [6, 6.07) is 1.05. The topological polar surface area (TPSA) is 76.1 Å². The number of thiazole rings is 1. The number of amides is 1. The zero-order valence-corrected chi connectivity index (χ0v) is 14.9. The van der Waals surface area contributed by atoms with E-state index >= 15 is 0 Å². The van der Waals surface area contributed by atoms with E-state index in [1.165, 1.54) is 6.92 Å². The Labute approximate surface area is 148 Å². The van der Waals surface area contributed by atoms with Gasteiger partial charge in [0.1, 0.15) is 22.3 Å². The fraction of sp³-hybridized carbons (Fsp3) is 0.286. The van der Waals surface area contributed by atoms with Crippen molar-refractivity contribution in [3.05, 3.63) is 44.9 Å². The van der Waals surface area contributed by atoms with Gasteiger partial charge >= 0.3 is 6.18 Å². The van der Waals surface area contributed by atoms with E-state index in [-0.39, 0.29) is 4.88 Å². The smallest absolute Gasteiger partial charge is 0.266 e. The molecule has 0 aliphatic carbocycles. The molecule has 0 fully saturated rings. The molecule has 0 aliphatic rings. The highest BCUT2D eigenvalue weighted by Gasteiger charge is 2.31. The highest BCUT2D eigenvalue weighted by Crippen LogP contribution is 2.26. The molecule has 2 rings (SSSR count). The number of halogens is 5. The first kappa shape index (κ1) is 20.2. The molecule has 1 aromatic heterocycles. The maximum Gasteiger partial charge on any atom is 0.395 e. The Balaban J connectivity index is 2.29. The Morgan fingerprint density at radius 3 is 2.23 bits per heavy atom. The van der Waals surface area contributed by atoms with Crippen molar-refractivity contribution in [3.8, 4) is 0 Å². The van der Waals surface area contributed by atoms with Gasteiger partial charge in [-0.3, -0.25) is 4.79 Å². The molecular weight excluding hydrogens is 403 g/mol. The molecule has 1 N–H and O–H groups in total. The van der Waals surface area contributed by atoms with Crippen molar-refractivity contribution in [2.24, 2.45) is 0 Å². The Kier molecular flexibility index (Phi) is 5.38. The zero-order valence-electron chi connectivity index (χ0n) is 13.2. The number of carbonyl (C=O) groups is 1. The monoisotopic (exact) mass is 414 g/mol. The number of alkyl halides is 3. The van der Waals surface area contributed by atoms with E-state index in [2.05, 4.69) is 4.98 Å². The van der Waals surface area contributed by atoms with Gasteiger partial charge in [0.15, 0.2) is 0 Å². The van der Waals surface area contributed by atoms with Crippen molar-refractivity contribution in [2.45, 2.75) is 31.3 Å². The van der Waals surface area contributed by atoms with Crippen LogP contribution >= 0.6 is 11.3 Å². The predicted octanol–water partition coefficient (Wildman–Crippen LogP) is 3.26. The van der Waals surface area contributed by atoms with Crippen LogP contribution in [0.15, 0.2) is 17.0 Å². The Hall–Kier alpha value is -2.08. The molecule has 1 heterocycles. The summed E-state index contributed by atoms with van der Waals surface area (Å²) in [5.74, 6) is -3.56. The van der Waals surface area contributed by atoms with Gasteiger partial charge in [0.05, 0.1) is 11.3 Å². The lowest BCUT2D eigenvalue weighted by molar-refractivity contribution is -0.127. The summed E-state index contributed by atoms with van der Waals surface area (Å²) in [5.41, 5.74) is -0.909. The third-order valence-electron chi connectivity index (χ3n) is 3.20. The van der Waals surface area contributed by atoms with E-state index in [9.17, 15) is 35.2 Å². The number of carbonyl (C=O) groups excluding carboxylic acids is 1. The van der Waals surface area contributed by atoms with E-state index in [0.29, 0.717) is 23.5 Å². The van der Waals surface area contributed by atoms with Crippen molar-refractivity contribution in [2.75, 3.05) is 0 Å². The Bertz CT molecular complexity index is 944. The van der Waals surface area contributed by atoms with Gasteiger partial charge in [-0.15, -0.1) is 11.3 Å². The molecule has 5 nitrogen and oxygen atoms in total. The summed E-state index contributed by atoms with van der Waals surface area (Å²) < 4.78 is 90.0. The van der Waals surface area contributed by atoms with Crippen LogP contribution in [0, 0.1) is 25.5 Å². The normalized spacial score (nSPS) is 12.3. The van der Waals surface area contributed by atoms with Gasteiger partial charge in [0.2, 0.25) is 0 Å². The highest BCUT2D eigenvalue weighted by atomic mass is 32.2. The molecule has 0 aliphatic heterocycles. The summed E-state index contributed by atoms with van der Waals surface area (Å²) in [4.78, 5) is 14.8. The first-order valence-corrected chi connectivity index (χ1v) is 9.16. The van der Waals surface area contributed by atoms with Crippen LogP contribution in [-0.4, -0.2) is 25.5 Å². The maximum atomic E-state index is 13.5. The van der Waals surface area contributed by atoms with Crippen LogP contribution in [0.2, 0.25) is 0 Å². The summed E-state index contributed by atoms with van der Waals surface area (Å²) in [7, 11) is -4.65. The van der Waals surface area contributed by atoms with Crippen molar-refractivity contribution in [1.29, 1.82) is 0 Å². The molecule has 0 saturated heterocycles. The van der Waals surface area contributed by atoms with Crippen LogP contribution in [0.4, 0.5) is 22.0 Å². The van der Waals surface area contributed by atoms with Crippen LogP contribution in [0.5, 0.6) is 0 Å². The van der Waals surface area contributed by atoms with Crippen LogP contribution < -0.4 is 4.72 Å². The quantitative estimate of drug-likeness (QED) is 0.780. The fourth-order valence-electron chi connectivity index (χ4n) is 1.92. The van der Waals surface area contributed by atoms with Crippen molar-refractivity contribution in [3.63, 3.8) is 0 Å². The lowest BCUT2D eigenvalue weighted by atomic mass is 10.2. The minimum atomic E-state index is -4.65. The standard InChI is InChI=1S/C14H11F5N2O3S2/c1-6-9(15)3-8(4-10(6)16)26(23,24)21-13(22)12-7(2)25-11(20-12)5-14(17,18)19/h3-4H,5H2,1-2H3,(H,21,22). The third-order valence-corrected chi connectivity index (χ3v) is 5.48. The van der Waals surface area contributed by atoms with Crippen molar-refractivity contribution in [1.82, 2.24) is 9.71 Å². The molecule has 0 unspecified atom stereocenters. The number of hydrogen-bond donors (Lipinski definition) is 1. The first-order chi connectivity index (χ1) is 11.8. The average Bonchev–Trinajstić information content (AvgIpc) is 2.82. The fourth-order valence-corrected chi connectivity index (χ4v) is 3.85. The SMILES string of the molecule is Cc1sc(CC(F)(F)F)nc1C(=O)NS(=O)(=O)c1cc(F)c(C)c(F)c1. The second-order valence-electron chi connectivity index (χ2n) is 5.25. The molecule has 1 aromatic carbocycles. The number of nitrogens with one attached hydrogen (secondary N) is 1. The van der Waals surface area contributed by atoms with Crippen LogP contribution in [-0.2, 0) is 16.4 Å². The molecule has 1 amide bonds. The second-order valence-corrected chi connectivity index (χ2v) is 8.22. The number of rotatable bonds is 4. The number of benzene rings is 1. The van der Waals surface area contributed by atoms with E-state index in [0.717, 1.165) is 6.92 Å². The largest absolute Gasteiger partial charge is 0.395 e. The van der Waals surface area contributed by atoms with E-state index in [4.69, 9.17) is 0 Å². The Morgan fingerprint density at radius 2 is 1.73 bits per heavy atom. The molecule has 0 radical (unpaired) electrons. The second kappa shape index (κ2) is 6.91. The molecule has 12 heteroatoms. The summed E-state index contributed by atoms with van der Waals surface area (Å²) in [6.07, 6.45) is -5.91. The van der Waals surface area contributed by atoms with Gasteiger partial charge in [-0.25, -0.2) is 26.9 Å². The summed E-state index contributed by atoms with van der Waals surface area (Å²) in [6.45, 7) is 2.39. The summed E-state index contributed by atoms with van der Waals surface area (Å²) in [5, 5.41) is -0.412. The van der Waals surface area contributed by atoms with Crippen molar-refractivity contribution >= 4 is 27.3 Å². The van der Waals surface area contributed by atoms with Gasteiger partial charge in [-0.05, 0) is 26.0 Å². The molecule has 0 spiro atoms. The van der Waals surface area contributed by atoms with Gasteiger partial charge in [-0.1, -0.05) is 0 Å². The van der Waals surface area contributed by atoms with Gasteiger partial charge < -0.3 is 0 Å². The Morgan fingerprint density at radius 1 is 1.19 bits per heavy atom. The average molecular weight is 414 g/mol. The van der Waals surface area contributed by atoms with Crippen LogP contribution in [0.3, 0.4) is 0 Å². The first-order valence-electron chi connectivity index (χ1n) is 6.86.